The summed E-state index contributed by atoms with van der Waals surface area (Å²) in [6.45, 7) is 6.34. The van der Waals surface area contributed by atoms with E-state index in [0.29, 0.717) is 19.3 Å². The molecule has 0 saturated heterocycles. The van der Waals surface area contributed by atoms with Crippen LogP contribution in [0.2, 0.25) is 0 Å². The lowest BCUT2D eigenvalue weighted by molar-refractivity contribution is -0.167. The Hall–Kier alpha value is -3.41. The first-order chi connectivity index (χ1) is 29.0. The fraction of sp³-hybridized carbons (Fsp3) is 0.679. The summed E-state index contributed by atoms with van der Waals surface area (Å²) >= 11 is 0. The van der Waals surface area contributed by atoms with Crippen LogP contribution in [0.1, 0.15) is 213 Å². The Labute approximate surface area is 363 Å². The first kappa shape index (κ1) is 55.6. The molecule has 0 amide bonds. The lowest BCUT2D eigenvalue weighted by Gasteiger charge is -2.18. The van der Waals surface area contributed by atoms with Crippen molar-refractivity contribution in [2.75, 3.05) is 13.2 Å². The molecule has 0 aromatic carbocycles. The number of ether oxygens (including phenoxy) is 3. The van der Waals surface area contributed by atoms with Crippen LogP contribution in [0.5, 0.6) is 0 Å². The van der Waals surface area contributed by atoms with Crippen molar-refractivity contribution in [3.63, 3.8) is 0 Å². The minimum absolute atomic E-state index is 0.0983. The molecule has 0 rings (SSSR count). The Bertz CT molecular complexity index is 1170. The van der Waals surface area contributed by atoms with E-state index in [1.54, 1.807) is 0 Å². The predicted octanol–water partition coefficient (Wildman–Crippen LogP) is 15.6. The largest absolute Gasteiger partial charge is 0.462 e. The molecule has 0 bridgehead atoms. The fourth-order valence-corrected chi connectivity index (χ4v) is 6.33. The van der Waals surface area contributed by atoms with Crippen molar-refractivity contribution in [1.29, 1.82) is 0 Å². The van der Waals surface area contributed by atoms with Crippen LogP contribution in [0.25, 0.3) is 0 Å². The molecule has 6 nitrogen and oxygen atoms in total. The quantitative estimate of drug-likeness (QED) is 0.0264. The van der Waals surface area contributed by atoms with Crippen LogP contribution in [0.3, 0.4) is 0 Å². The summed E-state index contributed by atoms with van der Waals surface area (Å²) in [5, 5.41) is 0. The van der Waals surface area contributed by atoms with Crippen LogP contribution >= 0.6 is 0 Å². The van der Waals surface area contributed by atoms with Gasteiger partial charge in [0.15, 0.2) is 6.10 Å². The number of hydrogen-bond acceptors (Lipinski definition) is 6. The topological polar surface area (TPSA) is 78.9 Å². The number of carbonyl (C=O) groups is 3. The zero-order valence-electron chi connectivity index (χ0n) is 38.2. The highest BCUT2D eigenvalue weighted by Crippen LogP contribution is 2.14. The molecule has 0 aromatic heterocycles. The fourth-order valence-electron chi connectivity index (χ4n) is 6.33. The van der Waals surface area contributed by atoms with Crippen LogP contribution in [0.4, 0.5) is 0 Å². The van der Waals surface area contributed by atoms with Gasteiger partial charge in [-0.2, -0.15) is 0 Å². The van der Waals surface area contributed by atoms with E-state index in [9.17, 15) is 14.4 Å². The lowest BCUT2D eigenvalue weighted by Crippen LogP contribution is -2.30. The van der Waals surface area contributed by atoms with Crippen molar-refractivity contribution in [2.24, 2.45) is 0 Å². The first-order valence-electron chi connectivity index (χ1n) is 24.1. The van der Waals surface area contributed by atoms with Crippen molar-refractivity contribution in [2.45, 2.75) is 219 Å². The third-order valence-corrected chi connectivity index (χ3v) is 9.90. The van der Waals surface area contributed by atoms with Crippen molar-refractivity contribution >= 4 is 17.9 Å². The normalized spacial score (nSPS) is 12.8. The molecule has 0 fully saturated rings. The standard InChI is InChI=1S/C53H88O6/c1-4-7-10-13-16-19-22-24-26-28-31-34-37-40-43-46-52(55)58-49-50(48-57-51(54)45-42-39-36-33-30-21-18-15-12-9-6-3)59-53(56)47-44-41-38-35-32-29-27-25-23-20-17-14-11-8-5-2/h7-8,10-11,16-17,19-20,24-27,32,35,50H,4-6,9,12-15,18,21-23,28-31,33-34,36-49H2,1-3H3/b10-7-,11-8-,19-16-,20-17-,26-24-,27-25-,35-32-/t50-/m0/s1. The van der Waals surface area contributed by atoms with Crippen molar-refractivity contribution in [3.05, 3.63) is 85.1 Å². The molecule has 0 aliphatic carbocycles. The SMILES string of the molecule is CC/C=C\C/C=C\C/C=C\C/C=C\CCCCC(=O)O[C@H](COC(=O)CCCCCCC/C=C\C/C=C\C/C=C\CC)COC(=O)CCCCCCCCCCCCC. The Kier molecular flexibility index (Phi) is 44.5. The number of rotatable bonds is 42. The highest BCUT2D eigenvalue weighted by molar-refractivity contribution is 5.71. The highest BCUT2D eigenvalue weighted by atomic mass is 16.6. The Morgan fingerprint density at radius 1 is 0.356 bits per heavy atom. The third kappa shape index (κ3) is 45.5. The maximum absolute atomic E-state index is 12.7. The van der Waals surface area contributed by atoms with Gasteiger partial charge in [0.2, 0.25) is 0 Å². The third-order valence-electron chi connectivity index (χ3n) is 9.90. The molecule has 0 aliphatic heterocycles. The molecule has 0 saturated carbocycles. The summed E-state index contributed by atoms with van der Waals surface area (Å²) in [5.74, 6) is -0.963. The Morgan fingerprint density at radius 2 is 0.661 bits per heavy atom. The average molecular weight is 821 g/mol. The zero-order valence-corrected chi connectivity index (χ0v) is 38.2. The van der Waals surface area contributed by atoms with Gasteiger partial charge in [-0.25, -0.2) is 0 Å². The maximum atomic E-state index is 12.7. The Morgan fingerprint density at radius 3 is 1.07 bits per heavy atom. The molecule has 0 N–H and O–H groups in total. The lowest BCUT2D eigenvalue weighted by atomic mass is 10.1. The predicted molar refractivity (Wildman–Crippen MR) is 251 cm³/mol. The molecule has 0 heterocycles. The van der Waals surface area contributed by atoms with E-state index >= 15 is 0 Å². The van der Waals surface area contributed by atoms with Gasteiger partial charge in [0.1, 0.15) is 13.2 Å². The molecular weight excluding hydrogens is 733 g/mol. The van der Waals surface area contributed by atoms with Gasteiger partial charge >= 0.3 is 17.9 Å². The monoisotopic (exact) mass is 821 g/mol. The van der Waals surface area contributed by atoms with E-state index in [-0.39, 0.29) is 37.5 Å². The van der Waals surface area contributed by atoms with E-state index in [1.165, 1.54) is 51.4 Å². The van der Waals surface area contributed by atoms with Gasteiger partial charge in [-0.15, -0.1) is 0 Å². The molecule has 0 unspecified atom stereocenters. The number of carbonyl (C=O) groups excluding carboxylic acids is 3. The summed E-state index contributed by atoms with van der Waals surface area (Å²) in [5.41, 5.74) is 0. The highest BCUT2D eigenvalue weighted by Gasteiger charge is 2.19. The van der Waals surface area contributed by atoms with Gasteiger partial charge in [0, 0.05) is 19.3 Å². The van der Waals surface area contributed by atoms with E-state index in [2.05, 4.69) is 106 Å². The number of allylic oxidation sites excluding steroid dienone is 14. The van der Waals surface area contributed by atoms with Gasteiger partial charge in [-0.3, -0.25) is 14.4 Å². The van der Waals surface area contributed by atoms with Crippen LogP contribution in [-0.2, 0) is 28.6 Å². The van der Waals surface area contributed by atoms with Gasteiger partial charge in [-0.1, -0.05) is 189 Å². The van der Waals surface area contributed by atoms with Gasteiger partial charge in [0.25, 0.3) is 0 Å². The van der Waals surface area contributed by atoms with E-state index < -0.39 is 6.10 Å². The van der Waals surface area contributed by atoms with Crippen LogP contribution < -0.4 is 0 Å². The first-order valence-corrected chi connectivity index (χ1v) is 24.1. The van der Waals surface area contributed by atoms with Crippen molar-refractivity contribution < 1.29 is 28.6 Å². The molecule has 336 valence electrons. The Balaban J connectivity index is 4.48. The molecule has 0 radical (unpaired) electrons. The zero-order chi connectivity index (χ0) is 43.0. The van der Waals surface area contributed by atoms with Crippen LogP contribution in [-0.4, -0.2) is 37.2 Å². The molecule has 59 heavy (non-hydrogen) atoms. The molecule has 6 heteroatoms. The summed E-state index contributed by atoms with van der Waals surface area (Å²) in [4.78, 5) is 37.8. The summed E-state index contributed by atoms with van der Waals surface area (Å²) in [7, 11) is 0. The second kappa shape index (κ2) is 47.3. The summed E-state index contributed by atoms with van der Waals surface area (Å²) in [6.07, 6.45) is 59.9. The number of hydrogen-bond donors (Lipinski definition) is 0. The number of unbranched alkanes of at least 4 members (excludes halogenated alkanes) is 17. The van der Waals surface area contributed by atoms with Crippen molar-refractivity contribution in [3.8, 4) is 0 Å². The minimum atomic E-state index is -0.802. The molecule has 0 spiro atoms. The van der Waals surface area contributed by atoms with Gasteiger partial charge in [0.05, 0.1) is 0 Å². The molecule has 1 atom stereocenters. The maximum Gasteiger partial charge on any atom is 0.306 e. The number of esters is 3. The van der Waals surface area contributed by atoms with E-state index in [1.807, 2.05) is 0 Å². The van der Waals surface area contributed by atoms with Crippen LogP contribution in [0, 0.1) is 0 Å². The molecular formula is C53H88O6. The van der Waals surface area contributed by atoms with Gasteiger partial charge < -0.3 is 14.2 Å². The molecule has 0 aromatic rings. The summed E-state index contributed by atoms with van der Waals surface area (Å²) < 4.78 is 16.7. The second-order valence-electron chi connectivity index (χ2n) is 15.6. The summed E-state index contributed by atoms with van der Waals surface area (Å²) in [6, 6.07) is 0. The van der Waals surface area contributed by atoms with Crippen molar-refractivity contribution in [1.82, 2.24) is 0 Å². The molecule has 0 aliphatic rings. The van der Waals surface area contributed by atoms with E-state index in [4.69, 9.17) is 14.2 Å². The smallest absolute Gasteiger partial charge is 0.306 e. The second-order valence-corrected chi connectivity index (χ2v) is 15.6. The minimum Gasteiger partial charge on any atom is -0.462 e. The van der Waals surface area contributed by atoms with Gasteiger partial charge in [-0.05, 0) is 89.9 Å². The van der Waals surface area contributed by atoms with Crippen LogP contribution in [0.15, 0.2) is 85.1 Å². The average Bonchev–Trinajstić information content (AvgIpc) is 3.23. The van der Waals surface area contributed by atoms with E-state index in [0.717, 1.165) is 116 Å².